The molecule has 0 aliphatic heterocycles. The highest BCUT2D eigenvalue weighted by molar-refractivity contribution is 7.81. The van der Waals surface area contributed by atoms with Crippen LogP contribution in [0.2, 0.25) is 0 Å². The second-order valence-electron chi connectivity index (χ2n) is 5.14. The highest BCUT2D eigenvalue weighted by Crippen LogP contribution is 2.20. The zero-order valence-electron chi connectivity index (χ0n) is 13.2. The van der Waals surface area contributed by atoms with Crippen molar-refractivity contribution in [3.05, 3.63) is 66.2 Å². The van der Waals surface area contributed by atoms with Gasteiger partial charge in [-0.3, -0.25) is 0 Å². The molecular weight excluding hydrogens is 349 g/mol. The number of halogens is 1. The van der Waals surface area contributed by atoms with Crippen molar-refractivity contribution in [2.24, 2.45) is 0 Å². The Morgan fingerprint density at radius 1 is 1.04 bits per heavy atom. The lowest BCUT2D eigenvalue weighted by molar-refractivity contribution is 0.306. The fourth-order valence-corrected chi connectivity index (χ4v) is 2.43. The summed E-state index contributed by atoms with van der Waals surface area (Å²) < 4.78 is 44.6. The second-order valence-corrected chi connectivity index (χ2v) is 6.09. The number of nitrogens with zero attached hydrogens (tertiary/aromatic N) is 3. The van der Waals surface area contributed by atoms with Gasteiger partial charge in [-0.05, 0) is 48.9 Å². The van der Waals surface area contributed by atoms with Crippen molar-refractivity contribution in [1.29, 1.82) is 0 Å². The third-order valence-corrected chi connectivity index (χ3v) is 3.62. The van der Waals surface area contributed by atoms with Gasteiger partial charge in [-0.25, -0.2) is 9.67 Å². The Morgan fingerprint density at radius 3 is 2.24 bits per heavy atom. The van der Waals surface area contributed by atoms with Crippen molar-refractivity contribution >= 4 is 10.5 Å². The van der Waals surface area contributed by atoms with Gasteiger partial charge in [0.05, 0.1) is 5.69 Å². The predicted molar refractivity (Wildman–Crippen MR) is 87.5 cm³/mol. The molecule has 7 nitrogen and oxygen atoms in total. The van der Waals surface area contributed by atoms with E-state index in [4.69, 9.17) is 4.74 Å². The molecule has 1 heterocycles. The summed E-state index contributed by atoms with van der Waals surface area (Å²) in [6.07, 6.45) is 1.64. The summed E-state index contributed by atoms with van der Waals surface area (Å²) in [7, 11) is -5.02. The zero-order valence-corrected chi connectivity index (χ0v) is 14.0. The van der Waals surface area contributed by atoms with Crippen LogP contribution in [-0.4, -0.2) is 23.2 Å². The van der Waals surface area contributed by atoms with Crippen molar-refractivity contribution in [2.75, 3.05) is 0 Å². The Hall–Kier alpha value is -2.94. The van der Waals surface area contributed by atoms with Gasteiger partial charge in [0.1, 0.15) is 30.3 Å². The van der Waals surface area contributed by atoms with Gasteiger partial charge in [0.15, 0.2) is 0 Å². The summed E-state index contributed by atoms with van der Waals surface area (Å²) in [5, 5.41) is 4.23. The molecule has 130 valence electrons. The lowest BCUT2D eigenvalue weighted by Gasteiger charge is -2.08. The first-order chi connectivity index (χ1) is 11.9. The van der Waals surface area contributed by atoms with Crippen molar-refractivity contribution in [3.8, 4) is 17.2 Å². The number of hydrogen-bond donors (Lipinski definition) is 0. The average Bonchev–Trinajstić information content (AvgIpc) is 3.00. The van der Waals surface area contributed by atoms with Gasteiger partial charge in [0, 0.05) is 0 Å². The van der Waals surface area contributed by atoms with E-state index >= 15 is 0 Å². The normalized spacial score (nSPS) is 11.3. The number of benzene rings is 2. The van der Waals surface area contributed by atoms with Crippen molar-refractivity contribution in [1.82, 2.24) is 14.8 Å². The molecule has 2 aromatic carbocycles. The highest BCUT2D eigenvalue weighted by Gasteiger charge is 2.09. The molecule has 0 saturated carbocycles. The van der Waals surface area contributed by atoms with Crippen LogP contribution < -0.4 is 8.92 Å². The molecule has 0 radical (unpaired) electrons. The molecule has 0 amide bonds. The fraction of sp³-hybridized carbons (Fsp3) is 0.125. The maximum atomic E-state index is 12.4. The molecule has 0 unspecified atom stereocenters. The smallest absolute Gasteiger partial charge is 0.488 e. The van der Waals surface area contributed by atoms with E-state index in [9.17, 15) is 12.3 Å². The Morgan fingerprint density at radius 2 is 1.68 bits per heavy atom. The minimum Gasteiger partial charge on any atom is -0.489 e. The topological polar surface area (TPSA) is 83.3 Å². The standard InChI is InChI=1S/C16H14FN3O4S/c1-12-18-11-20(19-12)14-4-2-13(3-5-14)10-23-15-6-8-16(9-7-15)24-25(17,21)22/h2-9,11H,10H2,1H3. The van der Waals surface area contributed by atoms with Gasteiger partial charge in [0.25, 0.3) is 0 Å². The van der Waals surface area contributed by atoms with E-state index in [1.165, 1.54) is 24.3 Å². The van der Waals surface area contributed by atoms with Crippen LogP contribution in [0.4, 0.5) is 3.89 Å². The van der Waals surface area contributed by atoms with E-state index < -0.39 is 10.5 Å². The minimum absolute atomic E-state index is 0.123. The van der Waals surface area contributed by atoms with E-state index in [1.54, 1.807) is 11.0 Å². The Kier molecular flexibility index (Phi) is 4.66. The van der Waals surface area contributed by atoms with Crippen LogP contribution in [0.3, 0.4) is 0 Å². The van der Waals surface area contributed by atoms with E-state index in [0.717, 1.165) is 11.3 Å². The molecule has 0 N–H and O–H groups in total. The lowest BCUT2D eigenvalue weighted by atomic mass is 10.2. The van der Waals surface area contributed by atoms with Crippen LogP contribution >= 0.6 is 0 Å². The van der Waals surface area contributed by atoms with Crippen LogP contribution in [0, 0.1) is 6.92 Å². The summed E-state index contributed by atoms with van der Waals surface area (Å²) in [5.74, 6) is 1.07. The third-order valence-electron chi connectivity index (χ3n) is 3.23. The van der Waals surface area contributed by atoms with Gasteiger partial charge < -0.3 is 8.92 Å². The number of aromatic nitrogens is 3. The monoisotopic (exact) mass is 363 g/mol. The molecule has 3 aromatic rings. The average molecular weight is 363 g/mol. The molecule has 0 spiro atoms. The van der Waals surface area contributed by atoms with Crippen molar-refractivity contribution in [2.45, 2.75) is 13.5 Å². The van der Waals surface area contributed by atoms with Crippen molar-refractivity contribution in [3.63, 3.8) is 0 Å². The molecule has 3 rings (SSSR count). The van der Waals surface area contributed by atoms with E-state index in [-0.39, 0.29) is 5.75 Å². The SMILES string of the molecule is Cc1ncn(-c2ccc(COc3ccc(OS(=O)(=O)F)cc3)cc2)n1. The van der Waals surface area contributed by atoms with E-state index in [1.807, 2.05) is 31.2 Å². The first-order valence-corrected chi connectivity index (χ1v) is 8.54. The molecule has 0 aliphatic rings. The van der Waals surface area contributed by atoms with Gasteiger partial charge in [0.2, 0.25) is 0 Å². The highest BCUT2D eigenvalue weighted by atomic mass is 32.3. The molecule has 0 aliphatic carbocycles. The Balaban J connectivity index is 1.60. The summed E-state index contributed by atoms with van der Waals surface area (Å²) in [6, 6.07) is 13.2. The molecule has 0 saturated heterocycles. The van der Waals surface area contributed by atoms with Crippen LogP contribution in [0.15, 0.2) is 54.9 Å². The van der Waals surface area contributed by atoms with Gasteiger partial charge in [-0.1, -0.05) is 16.0 Å². The number of rotatable bonds is 6. The summed E-state index contributed by atoms with van der Waals surface area (Å²) in [6.45, 7) is 2.14. The third kappa shape index (κ3) is 4.77. The van der Waals surface area contributed by atoms with E-state index in [2.05, 4.69) is 14.3 Å². The molecular formula is C16H14FN3O4S. The quantitative estimate of drug-likeness (QED) is 0.626. The lowest BCUT2D eigenvalue weighted by Crippen LogP contribution is -2.01. The molecule has 0 fully saturated rings. The fourth-order valence-electron chi connectivity index (χ4n) is 2.09. The Labute approximate surface area is 144 Å². The van der Waals surface area contributed by atoms with Crippen LogP contribution in [0.1, 0.15) is 11.4 Å². The first kappa shape index (κ1) is 16.9. The largest absolute Gasteiger partial charge is 0.489 e. The molecule has 0 atom stereocenters. The summed E-state index contributed by atoms with van der Waals surface area (Å²) in [4.78, 5) is 4.08. The molecule has 9 heteroatoms. The van der Waals surface area contributed by atoms with Crippen LogP contribution in [0.25, 0.3) is 5.69 Å². The van der Waals surface area contributed by atoms with E-state index in [0.29, 0.717) is 18.2 Å². The Bertz CT molecular complexity index is 954. The van der Waals surface area contributed by atoms with Gasteiger partial charge in [-0.2, -0.15) is 13.5 Å². The summed E-state index contributed by atoms with van der Waals surface area (Å²) >= 11 is 0. The first-order valence-electron chi connectivity index (χ1n) is 7.23. The summed E-state index contributed by atoms with van der Waals surface area (Å²) in [5.41, 5.74) is 1.82. The minimum atomic E-state index is -5.02. The molecule has 25 heavy (non-hydrogen) atoms. The second kappa shape index (κ2) is 6.89. The van der Waals surface area contributed by atoms with Crippen LogP contribution in [0.5, 0.6) is 11.5 Å². The number of ether oxygens (including phenoxy) is 1. The molecule has 0 bridgehead atoms. The number of hydrogen-bond acceptors (Lipinski definition) is 6. The predicted octanol–water partition coefficient (Wildman–Crippen LogP) is 2.75. The van der Waals surface area contributed by atoms with Gasteiger partial charge >= 0.3 is 10.5 Å². The zero-order chi connectivity index (χ0) is 17.9. The van der Waals surface area contributed by atoms with Crippen molar-refractivity contribution < 1.29 is 21.2 Å². The van der Waals surface area contributed by atoms with Crippen LogP contribution in [-0.2, 0) is 17.1 Å². The molecule has 1 aromatic heterocycles. The maximum Gasteiger partial charge on any atom is 0.488 e. The van der Waals surface area contributed by atoms with Gasteiger partial charge in [-0.15, -0.1) is 0 Å². The number of aryl methyl sites for hydroxylation is 1. The maximum absolute atomic E-state index is 12.4.